The van der Waals surface area contributed by atoms with Crippen molar-refractivity contribution in [2.75, 3.05) is 0 Å². The number of esters is 2. The van der Waals surface area contributed by atoms with Crippen LogP contribution in [0.15, 0.2) is 0 Å². The fourth-order valence-corrected chi connectivity index (χ4v) is 3.08. The maximum absolute atomic E-state index is 12.1. The molecule has 128 valence electrons. The van der Waals surface area contributed by atoms with Crippen molar-refractivity contribution in [1.29, 1.82) is 0 Å². The summed E-state index contributed by atoms with van der Waals surface area (Å²) in [6, 6.07) is 0. The van der Waals surface area contributed by atoms with Crippen molar-refractivity contribution in [3.8, 4) is 0 Å². The first kappa shape index (κ1) is 19.0. The van der Waals surface area contributed by atoms with E-state index in [0.29, 0.717) is 6.42 Å². The summed E-state index contributed by atoms with van der Waals surface area (Å²) in [6.45, 7) is 8.04. The summed E-state index contributed by atoms with van der Waals surface area (Å²) >= 11 is 0. The number of ether oxygens (including phenoxy) is 2. The van der Waals surface area contributed by atoms with Crippen LogP contribution in [0.1, 0.15) is 79.1 Å². The third-order valence-electron chi connectivity index (χ3n) is 4.78. The highest BCUT2D eigenvalue weighted by atomic mass is 16.6. The summed E-state index contributed by atoms with van der Waals surface area (Å²) in [5.74, 6) is -0.205. The third-order valence-corrected chi connectivity index (χ3v) is 4.78. The monoisotopic (exact) mass is 312 g/mol. The Morgan fingerprint density at radius 3 is 1.50 bits per heavy atom. The van der Waals surface area contributed by atoms with Crippen LogP contribution in [-0.2, 0) is 19.1 Å². The summed E-state index contributed by atoms with van der Waals surface area (Å²) in [5.41, 5.74) is 0. The van der Waals surface area contributed by atoms with Gasteiger partial charge in [-0.2, -0.15) is 0 Å². The van der Waals surface area contributed by atoms with E-state index in [9.17, 15) is 9.59 Å². The Labute approximate surface area is 134 Å². The zero-order valence-corrected chi connectivity index (χ0v) is 14.6. The van der Waals surface area contributed by atoms with Crippen LogP contribution in [0.2, 0.25) is 0 Å². The molecule has 0 N–H and O–H groups in total. The molecule has 0 bridgehead atoms. The van der Waals surface area contributed by atoms with Gasteiger partial charge in [-0.25, -0.2) is 0 Å². The summed E-state index contributed by atoms with van der Waals surface area (Å²) < 4.78 is 11.3. The standard InChI is InChI=1S/C18H32O4/c1-5-13(6-2)17(19)21-15-10-9-11-16(12-15)22-18(20)14(7-3)8-4/h13-16H,5-12H2,1-4H3. The van der Waals surface area contributed by atoms with Gasteiger partial charge < -0.3 is 9.47 Å². The van der Waals surface area contributed by atoms with Gasteiger partial charge >= 0.3 is 11.9 Å². The zero-order valence-electron chi connectivity index (χ0n) is 14.6. The molecule has 1 aliphatic rings. The first-order valence-corrected chi connectivity index (χ1v) is 8.96. The van der Waals surface area contributed by atoms with Gasteiger partial charge in [0.2, 0.25) is 0 Å². The fraction of sp³-hybridized carbons (Fsp3) is 0.889. The second-order valence-electron chi connectivity index (χ2n) is 6.31. The summed E-state index contributed by atoms with van der Waals surface area (Å²) in [5, 5.41) is 0. The lowest BCUT2D eigenvalue weighted by Crippen LogP contribution is -2.34. The van der Waals surface area contributed by atoms with Gasteiger partial charge in [0.25, 0.3) is 0 Å². The molecule has 2 atom stereocenters. The first-order valence-electron chi connectivity index (χ1n) is 8.96. The molecule has 0 amide bonds. The minimum Gasteiger partial charge on any atom is -0.462 e. The van der Waals surface area contributed by atoms with Gasteiger partial charge in [0.15, 0.2) is 0 Å². The average molecular weight is 312 g/mol. The molecule has 4 nitrogen and oxygen atoms in total. The van der Waals surface area contributed by atoms with E-state index in [2.05, 4.69) is 0 Å². The predicted octanol–water partition coefficient (Wildman–Crippen LogP) is 4.26. The lowest BCUT2D eigenvalue weighted by atomic mass is 9.94. The number of rotatable bonds is 8. The van der Waals surface area contributed by atoms with Gasteiger partial charge in [0.05, 0.1) is 11.8 Å². The smallest absolute Gasteiger partial charge is 0.309 e. The van der Waals surface area contributed by atoms with Gasteiger partial charge in [0, 0.05) is 6.42 Å². The summed E-state index contributed by atoms with van der Waals surface area (Å²) in [7, 11) is 0. The van der Waals surface area contributed by atoms with Crippen LogP contribution in [0.4, 0.5) is 0 Å². The Kier molecular flexibility index (Phi) is 8.51. The first-order chi connectivity index (χ1) is 10.5. The lowest BCUT2D eigenvalue weighted by molar-refractivity contribution is -0.164. The molecule has 4 heteroatoms. The van der Waals surface area contributed by atoms with E-state index in [1.807, 2.05) is 27.7 Å². The van der Waals surface area contributed by atoms with Crippen LogP contribution in [0.25, 0.3) is 0 Å². The van der Waals surface area contributed by atoms with E-state index < -0.39 is 0 Å². The second-order valence-corrected chi connectivity index (χ2v) is 6.31. The normalized spacial score (nSPS) is 21.9. The van der Waals surface area contributed by atoms with Gasteiger partial charge in [-0.15, -0.1) is 0 Å². The van der Waals surface area contributed by atoms with Gasteiger partial charge in [0.1, 0.15) is 12.2 Å². The summed E-state index contributed by atoms with van der Waals surface area (Å²) in [6.07, 6.45) is 6.42. The number of carbonyl (C=O) groups excluding carboxylic acids is 2. The molecule has 0 saturated heterocycles. The van der Waals surface area contributed by atoms with E-state index in [4.69, 9.17) is 9.47 Å². The van der Waals surface area contributed by atoms with Gasteiger partial charge in [-0.1, -0.05) is 27.7 Å². The molecule has 22 heavy (non-hydrogen) atoms. The minimum atomic E-state index is -0.0960. The quantitative estimate of drug-likeness (QED) is 0.628. The second kappa shape index (κ2) is 9.86. The van der Waals surface area contributed by atoms with Crippen molar-refractivity contribution >= 4 is 11.9 Å². The van der Waals surface area contributed by atoms with E-state index in [1.165, 1.54) is 0 Å². The number of carbonyl (C=O) groups is 2. The van der Waals surface area contributed by atoms with E-state index in [1.54, 1.807) is 0 Å². The largest absolute Gasteiger partial charge is 0.462 e. The van der Waals surface area contributed by atoms with Crippen molar-refractivity contribution in [1.82, 2.24) is 0 Å². The van der Waals surface area contributed by atoms with Crippen LogP contribution < -0.4 is 0 Å². The van der Waals surface area contributed by atoms with E-state index in [-0.39, 0.29) is 36.0 Å². The third kappa shape index (κ3) is 5.62. The maximum atomic E-state index is 12.1. The Morgan fingerprint density at radius 1 is 0.818 bits per heavy atom. The molecule has 1 fully saturated rings. The van der Waals surface area contributed by atoms with Crippen LogP contribution in [0.5, 0.6) is 0 Å². The van der Waals surface area contributed by atoms with E-state index >= 15 is 0 Å². The van der Waals surface area contributed by atoms with Crippen LogP contribution >= 0.6 is 0 Å². The molecule has 1 rings (SSSR count). The molecular weight excluding hydrogens is 280 g/mol. The lowest BCUT2D eigenvalue weighted by Gasteiger charge is -2.30. The minimum absolute atomic E-state index is 0.00695. The molecule has 0 aliphatic heterocycles. The van der Waals surface area contributed by atoms with Crippen molar-refractivity contribution in [3.05, 3.63) is 0 Å². The van der Waals surface area contributed by atoms with Crippen molar-refractivity contribution in [3.63, 3.8) is 0 Å². The Morgan fingerprint density at radius 2 is 1.18 bits per heavy atom. The molecule has 0 aromatic heterocycles. The van der Waals surface area contributed by atoms with Crippen LogP contribution in [-0.4, -0.2) is 24.1 Å². The highest BCUT2D eigenvalue weighted by molar-refractivity contribution is 5.73. The van der Waals surface area contributed by atoms with Crippen LogP contribution in [0, 0.1) is 11.8 Å². The Bertz CT molecular complexity index is 313. The topological polar surface area (TPSA) is 52.6 Å². The summed E-state index contributed by atoms with van der Waals surface area (Å²) in [4.78, 5) is 24.1. The number of hydrogen-bond donors (Lipinski definition) is 0. The Hall–Kier alpha value is -1.06. The maximum Gasteiger partial charge on any atom is 0.309 e. The van der Waals surface area contributed by atoms with Crippen molar-refractivity contribution < 1.29 is 19.1 Å². The zero-order chi connectivity index (χ0) is 16.5. The van der Waals surface area contributed by atoms with Gasteiger partial charge in [-0.3, -0.25) is 9.59 Å². The molecule has 0 aromatic carbocycles. The molecule has 1 aliphatic carbocycles. The van der Waals surface area contributed by atoms with Crippen molar-refractivity contribution in [2.24, 2.45) is 11.8 Å². The van der Waals surface area contributed by atoms with E-state index in [0.717, 1.165) is 44.9 Å². The molecule has 0 aromatic rings. The number of hydrogen-bond acceptors (Lipinski definition) is 4. The van der Waals surface area contributed by atoms with Crippen LogP contribution in [0.3, 0.4) is 0 Å². The molecule has 0 radical (unpaired) electrons. The highest BCUT2D eigenvalue weighted by Gasteiger charge is 2.30. The molecule has 0 spiro atoms. The average Bonchev–Trinajstić information content (AvgIpc) is 2.50. The SMILES string of the molecule is CCC(CC)C(=O)OC1CCCC(OC(=O)C(CC)CC)C1. The fourth-order valence-electron chi connectivity index (χ4n) is 3.08. The molecule has 0 heterocycles. The predicted molar refractivity (Wildman–Crippen MR) is 86.4 cm³/mol. The molecule has 1 saturated carbocycles. The van der Waals surface area contributed by atoms with Crippen molar-refractivity contribution in [2.45, 2.75) is 91.3 Å². The van der Waals surface area contributed by atoms with Gasteiger partial charge in [-0.05, 0) is 44.9 Å². The molecule has 2 unspecified atom stereocenters. The molecular formula is C18H32O4. The Balaban J connectivity index is 2.47. The highest BCUT2D eigenvalue weighted by Crippen LogP contribution is 2.26.